The van der Waals surface area contributed by atoms with Gasteiger partial charge in [0, 0.05) is 12.1 Å². The van der Waals surface area contributed by atoms with E-state index in [2.05, 4.69) is 20.4 Å². The van der Waals surface area contributed by atoms with Crippen LogP contribution in [0.15, 0.2) is 35.7 Å². The average molecular weight is 402 g/mol. The Morgan fingerprint density at radius 2 is 2.12 bits per heavy atom. The van der Waals surface area contributed by atoms with E-state index in [1.165, 1.54) is 12.4 Å². The maximum absolute atomic E-state index is 13.1. The van der Waals surface area contributed by atoms with Gasteiger partial charge in [-0.25, -0.2) is 9.97 Å². The van der Waals surface area contributed by atoms with Crippen molar-refractivity contribution in [3.05, 3.63) is 41.3 Å². The van der Waals surface area contributed by atoms with Gasteiger partial charge in [0.25, 0.3) is 0 Å². The molecule has 0 radical (unpaired) electrons. The number of nitrogens with one attached hydrogen (secondary N) is 1. The van der Waals surface area contributed by atoms with Gasteiger partial charge >= 0.3 is 6.18 Å². The van der Waals surface area contributed by atoms with E-state index < -0.39 is 17.6 Å². The first-order valence-electron chi connectivity index (χ1n) is 7.18. The van der Waals surface area contributed by atoms with Crippen LogP contribution in [0.4, 0.5) is 18.9 Å². The smallest absolute Gasteiger partial charge is 0.325 e. The summed E-state index contributed by atoms with van der Waals surface area (Å²) in [6.45, 7) is 0. The van der Waals surface area contributed by atoms with Crippen LogP contribution in [0.2, 0.25) is 5.02 Å². The maximum Gasteiger partial charge on any atom is 0.418 e. The third-order valence-electron chi connectivity index (χ3n) is 3.39. The molecular weight excluding hydrogens is 391 g/mol. The minimum atomic E-state index is -4.63. The van der Waals surface area contributed by atoms with E-state index in [1.807, 2.05) is 0 Å². The molecule has 2 aromatic heterocycles. The molecular formula is C15H11ClF3N5OS. The van der Waals surface area contributed by atoms with Crippen molar-refractivity contribution < 1.29 is 18.0 Å². The van der Waals surface area contributed by atoms with Crippen LogP contribution < -0.4 is 5.32 Å². The number of aromatic nitrogens is 4. The molecule has 6 nitrogen and oxygen atoms in total. The second kappa shape index (κ2) is 7.12. The molecule has 0 spiro atoms. The summed E-state index contributed by atoms with van der Waals surface area (Å²) in [5.41, 5.74) is -0.748. The van der Waals surface area contributed by atoms with Gasteiger partial charge in [-0.05, 0) is 18.2 Å². The summed E-state index contributed by atoms with van der Waals surface area (Å²) in [4.78, 5) is 20.3. The van der Waals surface area contributed by atoms with E-state index in [4.69, 9.17) is 11.6 Å². The quantitative estimate of drug-likeness (QED) is 0.532. The zero-order valence-electron chi connectivity index (χ0n) is 13.2. The van der Waals surface area contributed by atoms with Crippen LogP contribution in [0, 0.1) is 0 Å². The summed E-state index contributed by atoms with van der Waals surface area (Å²) >= 11 is 6.70. The normalized spacial score (nSPS) is 11.7. The minimum Gasteiger partial charge on any atom is -0.325 e. The van der Waals surface area contributed by atoms with Crippen molar-refractivity contribution in [2.24, 2.45) is 7.05 Å². The van der Waals surface area contributed by atoms with Crippen molar-refractivity contribution in [2.45, 2.75) is 11.2 Å². The van der Waals surface area contributed by atoms with Gasteiger partial charge in [-0.3, -0.25) is 9.48 Å². The number of fused-ring (bicyclic) bond motifs is 1. The first-order chi connectivity index (χ1) is 12.3. The number of thioether (sulfide) groups is 1. The fourth-order valence-corrected chi connectivity index (χ4v) is 3.17. The van der Waals surface area contributed by atoms with Crippen LogP contribution in [-0.4, -0.2) is 31.4 Å². The molecule has 11 heteroatoms. The standard InChI is InChI=1S/C15H11ClF3N5OS/c1-24-13-9(5-22-24)14(21-7-20-13)26-6-12(25)23-11-3-2-8(16)4-10(11)15(17,18)19/h2-5,7H,6H2,1H3,(H,23,25). The van der Waals surface area contributed by atoms with Crippen molar-refractivity contribution in [2.75, 3.05) is 11.1 Å². The summed E-state index contributed by atoms with van der Waals surface area (Å²) in [6.07, 6.45) is -1.73. The second-order valence-corrected chi connectivity index (χ2v) is 6.61. The summed E-state index contributed by atoms with van der Waals surface area (Å²) in [7, 11) is 1.72. The molecule has 0 aliphatic carbocycles. The lowest BCUT2D eigenvalue weighted by atomic mass is 10.1. The van der Waals surface area contributed by atoms with E-state index >= 15 is 0 Å². The topological polar surface area (TPSA) is 72.7 Å². The summed E-state index contributed by atoms with van der Waals surface area (Å²) < 4.78 is 40.8. The van der Waals surface area contributed by atoms with Gasteiger partial charge in [-0.2, -0.15) is 18.3 Å². The second-order valence-electron chi connectivity index (χ2n) is 5.21. The number of nitrogens with zero attached hydrogens (tertiary/aromatic N) is 4. The third-order valence-corrected chi connectivity index (χ3v) is 4.63. The van der Waals surface area contributed by atoms with Crippen LogP contribution in [0.25, 0.3) is 11.0 Å². The zero-order valence-corrected chi connectivity index (χ0v) is 14.8. The predicted molar refractivity (Wildman–Crippen MR) is 92.1 cm³/mol. The Balaban J connectivity index is 1.74. The largest absolute Gasteiger partial charge is 0.418 e. The number of carbonyl (C=O) groups is 1. The van der Waals surface area contributed by atoms with Crippen molar-refractivity contribution in [1.29, 1.82) is 0 Å². The van der Waals surface area contributed by atoms with Gasteiger partial charge in [-0.1, -0.05) is 23.4 Å². The maximum atomic E-state index is 13.1. The Bertz CT molecular complexity index is 976. The molecule has 0 bridgehead atoms. The molecule has 1 aromatic carbocycles. The SMILES string of the molecule is Cn1ncc2c(SCC(=O)Nc3ccc(Cl)cc3C(F)(F)F)ncnc21. The Kier molecular flexibility index (Phi) is 5.05. The van der Waals surface area contributed by atoms with Crippen LogP contribution >= 0.6 is 23.4 Å². The highest BCUT2D eigenvalue weighted by atomic mass is 35.5. The van der Waals surface area contributed by atoms with Crippen LogP contribution in [0.3, 0.4) is 0 Å². The average Bonchev–Trinajstić information content (AvgIpc) is 2.96. The lowest BCUT2D eigenvalue weighted by molar-refractivity contribution is -0.137. The molecule has 0 aliphatic heterocycles. The number of amides is 1. The van der Waals surface area contributed by atoms with E-state index in [-0.39, 0.29) is 16.5 Å². The molecule has 2 heterocycles. The highest BCUT2D eigenvalue weighted by molar-refractivity contribution is 8.00. The van der Waals surface area contributed by atoms with Crippen molar-refractivity contribution in [1.82, 2.24) is 19.7 Å². The summed E-state index contributed by atoms with van der Waals surface area (Å²) in [6, 6.07) is 3.18. The van der Waals surface area contributed by atoms with Gasteiger partial charge in [-0.15, -0.1) is 0 Å². The molecule has 1 amide bonds. The molecule has 3 aromatic rings. The molecule has 0 fully saturated rings. The number of halogens is 4. The number of anilines is 1. The number of carbonyl (C=O) groups excluding carboxylic acids is 1. The molecule has 26 heavy (non-hydrogen) atoms. The van der Waals surface area contributed by atoms with E-state index in [0.717, 1.165) is 23.9 Å². The van der Waals surface area contributed by atoms with E-state index in [9.17, 15) is 18.0 Å². The predicted octanol–water partition coefficient (Wildman–Crippen LogP) is 3.77. The number of alkyl halides is 3. The molecule has 0 aliphatic rings. The first-order valence-corrected chi connectivity index (χ1v) is 8.54. The Morgan fingerprint density at radius 3 is 2.85 bits per heavy atom. The fourth-order valence-electron chi connectivity index (χ4n) is 2.24. The van der Waals surface area contributed by atoms with Crippen LogP contribution in [-0.2, 0) is 18.0 Å². The minimum absolute atomic E-state index is 0.0651. The monoisotopic (exact) mass is 401 g/mol. The zero-order chi connectivity index (χ0) is 18.9. The fraction of sp³-hybridized carbons (Fsp3) is 0.200. The molecule has 1 N–H and O–H groups in total. The Hall–Kier alpha value is -2.33. The highest BCUT2D eigenvalue weighted by Crippen LogP contribution is 2.36. The molecule has 0 saturated carbocycles. The number of rotatable bonds is 4. The molecule has 0 unspecified atom stereocenters. The summed E-state index contributed by atoms with van der Waals surface area (Å²) in [5, 5.41) is 7.44. The van der Waals surface area contributed by atoms with Crippen molar-refractivity contribution >= 4 is 46.0 Å². The Labute approximate surface area is 154 Å². The highest BCUT2D eigenvalue weighted by Gasteiger charge is 2.34. The first kappa shape index (κ1) is 18.5. The van der Waals surface area contributed by atoms with Gasteiger partial charge in [0.05, 0.1) is 28.6 Å². The molecule has 136 valence electrons. The number of aryl methyl sites for hydroxylation is 1. The number of hydrogen-bond donors (Lipinski definition) is 1. The molecule has 3 rings (SSSR count). The third kappa shape index (κ3) is 3.91. The lowest BCUT2D eigenvalue weighted by Gasteiger charge is -2.14. The van der Waals surface area contributed by atoms with Gasteiger partial charge in [0.15, 0.2) is 5.65 Å². The van der Waals surface area contributed by atoms with Crippen LogP contribution in [0.5, 0.6) is 0 Å². The Morgan fingerprint density at radius 1 is 1.35 bits per heavy atom. The van der Waals surface area contributed by atoms with Gasteiger partial charge in [0.1, 0.15) is 11.4 Å². The molecule has 0 atom stereocenters. The number of hydrogen-bond acceptors (Lipinski definition) is 5. The van der Waals surface area contributed by atoms with E-state index in [1.54, 1.807) is 17.9 Å². The van der Waals surface area contributed by atoms with Gasteiger partial charge in [0.2, 0.25) is 5.91 Å². The van der Waals surface area contributed by atoms with E-state index in [0.29, 0.717) is 16.1 Å². The van der Waals surface area contributed by atoms with Crippen LogP contribution in [0.1, 0.15) is 5.56 Å². The molecule has 0 saturated heterocycles. The lowest BCUT2D eigenvalue weighted by Crippen LogP contribution is -2.18. The number of benzene rings is 1. The van der Waals surface area contributed by atoms with Crippen molar-refractivity contribution in [3.63, 3.8) is 0 Å². The van der Waals surface area contributed by atoms with Crippen molar-refractivity contribution in [3.8, 4) is 0 Å². The van der Waals surface area contributed by atoms with Gasteiger partial charge < -0.3 is 5.32 Å². The summed E-state index contributed by atoms with van der Waals surface area (Å²) in [5.74, 6) is -0.723.